The van der Waals surface area contributed by atoms with E-state index in [1.54, 1.807) is 0 Å². The van der Waals surface area contributed by atoms with Gasteiger partial charge in [0.2, 0.25) is 0 Å². The van der Waals surface area contributed by atoms with Crippen molar-refractivity contribution in [3.8, 4) is 0 Å². The Kier molecular flexibility index (Phi) is 9.56. The highest BCUT2D eigenvalue weighted by Gasteiger charge is 2.25. The van der Waals surface area contributed by atoms with Crippen molar-refractivity contribution in [3.05, 3.63) is 52.9 Å². The largest absolute Gasteiger partial charge is 0.361 e. The summed E-state index contributed by atoms with van der Waals surface area (Å²) in [7, 11) is 2.22. The van der Waals surface area contributed by atoms with Crippen molar-refractivity contribution in [2.24, 2.45) is 4.99 Å². The summed E-state index contributed by atoms with van der Waals surface area (Å²) in [5.74, 6) is 1.80. The van der Waals surface area contributed by atoms with E-state index in [0.717, 1.165) is 81.5 Å². The van der Waals surface area contributed by atoms with Crippen LogP contribution in [-0.4, -0.2) is 67.2 Å². The summed E-state index contributed by atoms with van der Waals surface area (Å²) < 4.78 is 5.48. The summed E-state index contributed by atoms with van der Waals surface area (Å²) in [5, 5.41) is 11.1. The number of nitrogens with zero attached hydrogens (tertiary/aromatic N) is 4. The van der Waals surface area contributed by atoms with E-state index < -0.39 is 0 Å². The second-order valence-electron chi connectivity index (χ2n) is 8.44. The van der Waals surface area contributed by atoms with Gasteiger partial charge in [0.15, 0.2) is 5.96 Å². The molecule has 1 unspecified atom stereocenters. The Morgan fingerprint density at radius 1 is 1.12 bits per heavy atom. The van der Waals surface area contributed by atoms with Gasteiger partial charge in [-0.3, -0.25) is 4.90 Å². The number of guanidine groups is 1. The van der Waals surface area contributed by atoms with Crippen LogP contribution in [-0.2, 0) is 19.4 Å². The van der Waals surface area contributed by atoms with Gasteiger partial charge in [-0.1, -0.05) is 49.3 Å². The molecule has 1 aromatic carbocycles. The van der Waals surface area contributed by atoms with Crippen LogP contribution in [0.3, 0.4) is 0 Å². The van der Waals surface area contributed by atoms with Crippen molar-refractivity contribution in [3.63, 3.8) is 0 Å². The van der Waals surface area contributed by atoms with Gasteiger partial charge in [-0.15, -0.1) is 0 Å². The van der Waals surface area contributed by atoms with Gasteiger partial charge in [-0.05, 0) is 32.4 Å². The molecule has 7 heteroatoms. The minimum atomic E-state index is 0.463. The molecule has 0 spiro atoms. The maximum Gasteiger partial charge on any atom is 0.191 e. The van der Waals surface area contributed by atoms with E-state index in [9.17, 15) is 0 Å². The Labute approximate surface area is 193 Å². The lowest BCUT2D eigenvalue weighted by molar-refractivity contribution is 0.0891. The number of nitrogens with one attached hydrogen (secondary N) is 2. The zero-order valence-corrected chi connectivity index (χ0v) is 20.2. The van der Waals surface area contributed by atoms with Gasteiger partial charge in [0.05, 0.1) is 12.2 Å². The lowest BCUT2D eigenvalue weighted by atomic mass is 10.0. The quantitative estimate of drug-likeness (QED) is 0.336. The molecule has 1 saturated heterocycles. The van der Waals surface area contributed by atoms with Crippen molar-refractivity contribution >= 4 is 5.96 Å². The molecule has 2 heterocycles. The van der Waals surface area contributed by atoms with Crippen molar-refractivity contribution in [2.45, 2.75) is 52.6 Å². The van der Waals surface area contributed by atoms with E-state index in [1.165, 1.54) is 5.56 Å². The Morgan fingerprint density at radius 2 is 1.94 bits per heavy atom. The highest BCUT2D eigenvalue weighted by Crippen LogP contribution is 2.24. The number of rotatable bonds is 10. The molecule has 0 bridgehead atoms. The third-order valence-corrected chi connectivity index (χ3v) is 6.14. The number of benzene rings is 1. The molecule has 176 valence electrons. The highest BCUT2D eigenvalue weighted by molar-refractivity contribution is 5.79. The molecule has 3 rings (SSSR count). The number of aryl methyl sites for hydroxylation is 2. The second kappa shape index (κ2) is 12.6. The fourth-order valence-electron chi connectivity index (χ4n) is 4.32. The van der Waals surface area contributed by atoms with Crippen LogP contribution < -0.4 is 10.6 Å². The van der Waals surface area contributed by atoms with Crippen molar-refractivity contribution in [2.75, 3.05) is 46.3 Å². The van der Waals surface area contributed by atoms with Crippen LogP contribution >= 0.6 is 0 Å². The lowest BCUT2D eigenvalue weighted by Gasteiger charge is -2.40. The molecule has 7 nitrogen and oxygen atoms in total. The molecule has 32 heavy (non-hydrogen) atoms. The van der Waals surface area contributed by atoms with Crippen LogP contribution in [0.4, 0.5) is 0 Å². The zero-order valence-electron chi connectivity index (χ0n) is 20.2. The summed E-state index contributed by atoms with van der Waals surface area (Å²) >= 11 is 0. The minimum absolute atomic E-state index is 0.463. The topological polar surface area (TPSA) is 68.9 Å². The van der Waals surface area contributed by atoms with E-state index in [2.05, 4.69) is 83.7 Å². The molecule has 1 atom stereocenters. The smallest absolute Gasteiger partial charge is 0.191 e. The van der Waals surface area contributed by atoms with Gasteiger partial charge in [0.25, 0.3) is 0 Å². The van der Waals surface area contributed by atoms with Gasteiger partial charge in [0.1, 0.15) is 5.76 Å². The fourth-order valence-corrected chi connectivity index (χ4v) is 4.32. The van der Waals surface area contributed by atoms with Crippen molar-refractivity contribution in [1.29, 1.82) is 0 Å². The van der Waals surface area contributed by atoms with Gasteiger partial charge >= 0.3 is 0 Å². The number of hydrogen-bond acceptors (Lipinski definition) is 5. The van der Waals surface area contributed by atoms with Crippen LogP contribution in [0.5, 0.6) is 0 Å². The van der Waals surface area contributed by atoms with Crippen LogP contribution in [0.1, 0.15) is 55.8 Å². The van der Waals surface area contributed by atoms with E-state index in [1.807, 2.05) is 0 Å². The number of aromatic nitrogens is 1. The number of piperazine rings is 1. The first-order valence-electron chi connectivity index (χ1n) is 12.1. The monoisotopic (exact) mass is 440 g/mol. The standard InChI is InChI=1S/C25H40N6O/c1-5-22-21(24(6-2)32-29-22)18-28-25(26-7-3)27-14-11-15-31-17-16-30(4)19-23(31)20-12-9-8-10-13-20/h8-10,12-13,23H,5-7,11,14-19H2,1-4H3,(H2,26,27,28). The molecule has 1 aromatic heterocycles. The summed E-state index contributed by atoms with van der Waals surface area (Å²) in [6.45, 7) is 13.0. The molecular formula is C25H40N6O. The van der Waals surface area contributed by atoms with Crippen molar-refractivity contribution in [1.82, 2.24) is 25.6 Å². The van der Waals surface area contributed by atoms with E-state index in [0.29, 0.717) is 12.6 Å². The number of aliphatic imine (C=N–C) groups is 1. The molecule has 0 saturated carbocycles. The Balaban J connectivity index is 1.54. The van der Waals surface area contributed by atoms with Gasteiger partial charge in [0, 0.05) is 57.3 Å². The molecule has 0 aliphatic carbocycles. The predicted molar refractivity (Wildman–Crippen MR) is 131 cm³/mol. The molecule has 1 fully saturated rings. The third kappa shape index (κ3) is 6.56. The Morgan fingerprint density at radius 3 is 2.66 bits per heavy atom. The molecule has 1 aliphatic heterocycles. The maximum absolute atomic E-state index is 5.48. The van der Waals surface area contributed by atoms with Crippen LogP contribution in [0.2, 0.25) is 0 Å². The molecule has 2 aromatic rings. The molecule has 0 radical (unpaired) electrons. The first kappa shape index (κ1) is 24.3. The van der Waals surface area contributed by atoms with Gasteiger partial charge < -0.3 is 20.1 Å². The number of hydrogen-bond donors (Lipinski definition) is 2. The second-order valence-corrected chi connectivity index (χ2v) is 8.44. The SMILES string of the molecule is CCNC(=NCc1c(CC)noc1CC)NCCCN1CCN(C)CC1c1ccccc1. The van der Waals surface area contributed by atoms with Gasteiger partial charge in [-0.2, -0.15) is 0 Å². The highest BCUT2D eigenvalue weighted by atomic mass is 16.5. The van der Waals surface area contributed by atoms with E-state index in [4.69, 9.17) is 9.52 Å². The Bertz CT molecular complexity index is 813. The molecule has 2 N–H and O–H groups in total. The van der Waals surface area contributed by atoms with E-state index >= 15 is 0 Å². The van der Waals surface area contributed by atoms with Crippen LogP contribution in [0, 0.1) is 0 Å². The summed E-state index contributed by atoms with van der Waals surface area (Å²) in [6, 6.07) is 11.4. The average Bonchev–Trinajstić information content (AvgIpc) is 3.23. The minimum Gasteiger partial charge on any atom is -0.361 e. The van der Waals surface area contributed by atoms with Gasteiger partial charge in [-0.25, -0.2) is 4.99 Å². The molecule has 1 aliphatic rings. The van der Waals surface area contributed by atoms with E-state index in [-0.39, 0.29) is 0 Å². The number of likely N-dealkylation sites (N-methyl/N-ethyl adjacent to an activating group) is 1. The normalized spacial score (nSPS) is 18.1. The predicted octanol–water partition coefficient (Wildman–Crippen LogP) is 3.23. The third-order valence-electron chi connectivity index (χ3n) is 6.14. The maximum atomic E-state index is 5.48. The summed E-state index contributed by atoms with van der Waals surface area (Å²) in [4.78, 5) is 9.86. The van der Waals surface area contributed by atoms with Crippen LogP contribution in [0.15, 0.2) is 39.8 Å². The average molecular weight is 441 g/mol. The summed E-state index contributed by atoms with van der Waals surface area (Å²) in [6.07, 6.45) is 2.78. The first-order chi connectivity index (χ1) is 15.7. The Hall–Kier alpha value is -2.38. The van der Waals surface area contributed by atoms with Crippen molar-refractivity contribution < 1.29 is 4.52 Å². The zero-order chi connectivity index (χ0) is 22.8. The fraction of sp³-hybridized carbons (Fsp3) is 0.600. The molecular weight excluding hydrogens is 400 g/mol. The van der Waals surface area contributed by atoms with Crippen LogP contribution in [0.25, 0.3) is 0 Å². The molecule has 0 amide bonds. The summed E-state index contributed by atoms with van der Waals surface area (Å²) in [5.41, 5.74) is 3.56. The lowest BCUT2D eigenvalue weighted by Crippen LogP contribution is -2.47. The first-order valence-corrected chi connectivity index (χ1v) is 12.1.